The van der Waals surface area contributed by atoms with Gasteiger partial charge in [-0.1, -0.05) is 0 Å². The Bertz CT molecular complexity index is 1220. The van der Waals surface area contributed by atoms with E-state index in [9.17, 15) is 19.2 Å². The Morgan fingerprint density at radius 3 is 2.27 bits per heavy atom. The van der Waals surface area contributed by atoms with Crippen LogP contribution in [0.25, 0.3) is 10.2 Å². The molecule has 0 saturated heterocycles. The molecule has 0 unspecified atom stereocenters. The number of rotatable bonds is 4. The molecule has 0 N–H and O–H groups in total. The van der Waals surface area contributed by atoms with E-state index in [2.05, 4.69) is 0 Å². The molecule has 0 radical (unpaired) electrons. The smallest absolute Gasteiger partial charge is 0.308 e. The van der Waals surface area contributed by atoms with Gasteiger partial charge >= 0.3 is 5.97 Å². The van der Waals surface area contributed by atoms with E-state index in [0.29, 0.717) is 16.0 Å². The van der Waals surface area contributed by atoms with Crippen LogP contribution in [0.2, 0.25) is 0 Å². The molecular weight excluding hydrogens is 408 g/mol. The maximum absolute atomic E-state index is 13.5. The Morgan fingerprint density at radius 1 is 1.10 bits per heavy atom. The molecule has 2 heterocycles. The highest BCUT2D eigenvalue weighted by Gasteiger charge is 2.31. The van der Waals surface area contributed by atoms with E-state index in [0.717, 1.165) is 10.5 Å². The molecule has 0 saturated carbocycles. The molecule has 30 heavy (non-hydrogen) atoms. The molecule has 0 aliphatic carbocycles. The monoisotopic (exact) mass is 428 g/mol. The Morgan fingerprint density at radius 2 is 1.73 bits per heavy atom. The summed E-state index contributed by atoms with van der Waals surface area (Å²) in [4.78, 5) is 52.1. The van der Waals surface area contributed by atoms with Gasteiger partial charge in [-0.25, -0.2) is 4.90 Å². The highest BCUT2D eigenvalue weighted by molar-refractivity contribution is 7.17. The third kappa shape index (κ3) is 3.59. The van der Waals surface area contributed by atoms with Crippen molar-refractivity contribution in [1.29, 1.82) is 0 Å². The fourth-order valence-electron chi connectivity index (χ4n) is 3.16. The Hall–Kier alpha value is -3.46. The van der Waals surface area contributed by atoms with E-state index in [-0.39, 0.29) is 17.0 Å². The first-order chi connectivity index (χ1) is 14.2. The molecule has 3 aromatic rings. The first-order valence-corrected chi connectivity index (χ1v) is 9.83. The molecule has 0 aliphatic heterocycles. The maximum Gasteiger partial charge on any atom is 0.308 e. The minimum atomic E-state index is -0.878. The fraction of sp³-hybridized carbons (Fsp3) is 0.238. The number of esters is 1. The number of hydrogen-bond donors (Lipinski definition) is 0. The van der Waals surface area contributed by atoms with Gasteiger partial charge in [0.15, 0.2) is 5.75 Å². The standard InChI is InChI=1S/C21H20N2O6S/c1-11-10-30-21-16(11)18(29-13(3)25)17(19(26)22(21)4)20(27)23(12(2)24)14-6-8-15(28-5)9-7-14/h6-10H,1-5H3. The van der Waals surface area contributed by atoms with Crippen molar-refractivity contribution in [2.45, 2.75) is 20.8 Å². The third-order valence-corrected chi connectivity index (χ3v) is 5.71. The van der Waals surface area contributed by atoms with E-state index in [4.69, 9.17) is 9.47 Å². The van der Waals surface area contributed by atoms with Gasteiger partial charge in [-0.15, -0.1) is 11.3 Å². The van der Waals surface area contributed by atoms with Crippen molar-refractivity contribution in [2.75, 3.05) is 12.0 Å². The molecule has 0 spiro atoms. The van der Waals surface area contributed by atoms with E-state index in [1.165, 1.54) is 56.0 Å². The van der Waals surface area contributed by atoms with Crippen molar-refractivity contribution in [3.63, 3.8) is 0 Å². The lowest BCUT2D eigenvalue weighted by molar-refractivity contribution is -0.131. The SMILES string of the molecule is COc1ccc(N(C(C)=O)C(=O)c2c(OC(C)=O)c3c(C)csc3n(C)c2=O)cc1. The normalized spacial score (nSPS) is 10.7. The van der Waals surface area contributed by atoms with Crippen LogP contribution in [0.1, 0.15) is 29.8 Å². The second kappa shape index (κ2) is 8.11. The van der Waals surface area contributed by atoms with Crippen molar-refractivity contribution >= 4 is 45.0 Å². The second-order valence-corrected chi connectivity index (χ2v) is 7.48. The number of imide groups is 1. The number of pyridine rings is 1. The molecule has 0 fully saturated rings. The molecule has 0 atom stereocenters. The summed E-state index contributed by atoms with van der Waals surface area (Å²) in [6.45, 7) is 4.19. The fourth-order valence-corrected chi connectivity index (χ4v) is 4.17. The number of fused-ring (bicyclic) bond motifs is 1. The number of thiophene rings is 1. The number of carbonyl (C=O) groups excluding carboxylic acids is 3. The first kappa shape index (κ1) is 21.3. The van der Waals surface area contributed by atoms with Crippen molar-refractivity contribution in [1.82, 2.24) is 4.57 Å². The number of anilines is 1. The van der Waals surface area contributed by atoms with Gasteiger partial charge in [0.1, 0.15) is 16.1 Å². The van der Waals surface area contributed by atoms with Crippen LogP contribution in [0.4, 0.5) is 5.69 Å². The molecule has 0 bridgehead atoms. The van der Waals surface area contributed by atoms with Crippen LogP contribution < -0.4 is 19.9 Å². The molecule has 9 heteroatoms. The van der Waals surface area contributed by atoms with Crippen LogP contribution in [-0.4, -0.2) is 29.5 Å². The predicted molar refractivity (Wildman–Crippen MR) is 114 cm³/mol. The minimum Gasteiger partial charge on any atom is -0.497 e. The zero-order chi connectivity index (χ0) is 22.2. The summed E-state index contributed by atoms with van der Waals surface area (Å²) in [7, 11) is 3.02. The molecule has 1 aromatic carbocycles. The van der Waals surface area contributed by atoms with E-state index in [1.807, 2.05) is 0 Å². The summed E-state index contributed by atoms with van der Waals surface area (Å²) in [5.74, 6) is -1.74. The van der Waals surface area contributed by atoms with Crippen LogP contribution in [0.3, 0.4) is 0 Å². The van der Waals surface area contributed by atoms with E-state index < -0.39 is 23.3 Å². The Labute approximate surface area is 176 Å². The summed E-state index contributed by atoms with van der Waals surface area (Å²) >= 11 is 1.30. The number of hydrogen-bond acceptors (Lipinski definition) is 7. The quantitative estimate of drug-likeness (QED) is 0.593. The van der Waals surface area contributed by atoms with Gasteiger partial charge < -0.3 is 14.0 Å². The Kier molecular flexibility index (Phi) is 5.75. The lowest BCUT2D eigenvalue weighted by atomic mass is 10.1. The largest absolute Gasteiger partial charge is 0.497 e. The summed E-state index contributed by atoms with van der Waals surface area (Å²) in [6, 6.07) is 6.25. The van der Waals surface area contributed by atoms with Crippen LogP contribution in [0.5, 0.6) is 11.5 Å². The Balaban J connectivity index is 2.29. The predicted octanol–water partition coefficient (Wildman–Crippen LogP) is 3.04. The van der Waals surface area contributed by atoms with Crippen LogP contribution >= 0.6 is 11.3 Å². The molecule has 156 valence electrons. The maximum atomic E-state index is 13.5. The molecule has 2 amide bonds. The van der Waals surface area contributed by atoms with Crippen LogP contribution in [0, 0.1) is 6.92 Å². The van der Waals surface area contributed by atoms with Gasteiger partial charge in [-0.3, -0.25) is 19.2 Å². The third-order valence-electron chi connectivity index (χ3n) is 4.54. The van der Waals surface area contributed by atoms with E-state index >= 15 is 0 Å². The summed E-state index contributed by atoms with van der Waals surface area (Å²) in [6.07, 6.45) is 0. The van der Waals surface area contributed by atoms with E-state index in [1.54, 1.807) is 24.4 Å². The topological polar surface area (TPSA) is 94.9 Å². The second-order valence-electron chi connectivity index (χ2n) is 6.62. The average Bonchev–Trinajstić information content (AvgIpc) is 3.08. The number of nitrogens with zero attached hydrogens (tertiary/aromatic N) is 2. The average molecular weight is 428 g/mol. The van der Waals surface area contributed by atoms with Gasteiger partial charge in [0, 0.05) is 20.9 Å². The number of methoxy groups -OCH3 is 1. The number of benzene rings is 1. The lowest BCUT2D eigenvalue weighted by Crippen LogP contribution is -2.40. The highest BCUT2D eigenvalue weighted by atomic mass is 32.1. The molecule has 3 rings (SSSR count). The molecule has 8 nitrogen and oxygen atoms in total. The molecule has 2 aromatic heterocycles. The molecule has 0 aliphatic rings. The number of ether oxygens (including phenoxy) is 2. The van der Waals surface area contributed by atoms with Crippen molar-refractivity contribution in [3.8, 4) is 11.5 Å². The van der Waals surface area contributed by atoms with Crippen molar-refractivity contribution < 1.29 is 23.9 Å². The zero-order valence-electron chi connectivity index (χ0n) is 17.1. The van der Waals surface area contributed by atoms with Crippen LogP contribution in [0.15, 0.2) is 34.4 Å². The van der Waals surface area contributed by atoms with Crippen molar-refractivity contribution in [3.05, 3.63) is 51.1 Å². The first-order valence-electron chi connectivity index (χ1n) is 8.95. The highest BCUT2D eigenvalue weighted by Crippen LogP contribution is 2.35. The van der Waals surface area contributed by atoms with Gasteiger partial charge in [-0.2, -0.15) is 0 Å². The lowest BCUT2D eigenvalue weighted by Gasteiger charge is -2.21. The summed E-state index contributed by atoms with van der Waals surface area (Å²) in [5, 5.41) is 2.29. The van der Waals surface area contributed by atoms with Gasteiger partial charge in [-0.05, 0) is 42.1 Å². The number of amides is 2. The molecular formula is C21H20N2O6S. The zero-order valence-corrected chi connectivity index (χ0v) is 18.0. The number of aryl methyl sites for hydroxylation is 2. The van der Waals surface area contributed by atoms with Gasteiger partial charge in [0.2, 0.25) is 5.91 Å². The van der Waals surface area contributed by atoms with Crippen molar-refractivity contribution in [2.24, 2.45) is 7.05 Å². The summed E-state index contributed by atoms with van der Waals surface area (Å²) in [5.41, 5.74) is -0.0425. The number of carbonyl (C=O) groups is 3. The van der Waals surface area contributed by atoms with Gasteiger partial charge in [0.05, 0.1) is 18.2 Å². The minimum absolute atomic E-state index is 0.135. The number of aromatic nitrogens is 1. The van der Waals surface area contributed by atoms with Crippen LogP contribution in [-0.2, 0) is 16.6 Å². The summed E-state index contributed by atoms with van der Waals surface area (Å²) < 4.78 is 11.8. The van der Waals surface area contributed by atoms with Gasteiger partial charge in [0.25, 0.3) is 11.5 Å².